The summed E-state index contributed by atoms with van der Waals surface area (Å²) in [4.78, 5) is 19.6. The number of nitrogens with zero attached hydrogens (tertiary/aromatic N) is 2. The number of hydrogen-bond acceptors (Lipinski definition) is 4. The summed E-state index contributed by atoms with van der Waals surface area (Å²) in [5, 5.41) is 6.62. The number of aliphatic imine (C=N–C) groups is 1. The quantitative estimate of drug-likeness (QED) is 0.281. The molecule has 0 unspecified atom stereocenters. The van der Waals surface area contributed by atoms with Crippen LogP contribution >= 0.6 is 35.7 Å². The van der Waals surface area contributed by atoms with E-state index in [1.807, 2.05) is 42.1 Å². The molecule has 0 aromatic heterocycles. The van der Waals surface area contributed by atoms with Gasteiger partial charge >= 0.3 is 0 Å². The Hall–Kier alpha value is -1.94. The molecule has 1 aliphatic carbocycles. The Morgan fingerprint density at radius 3 is 2.35 bits per heavy atom. The highest BCUT2D eigenvalue weighted by Crippen LogP contribution is 2.51. The number of thioether (sulfide) groups is 1. The molecule has 0 radical (unpaired) electrons. The minimum Gasteiger partial charge on any atom is -0.497 e. The van der Waals surface area contributed by atoms with Crippen molar-refractivity contribution in [3.05, 3.63) is 60.2 Å². The second kappa shape index (κ2) is 12.2. The molecule has 0 heterocycles. The van der Waals surface area contributed by atoms with E-state index in [0.29, 0.717) is 12.5 Å². The van der Waals surface area contributed by atoms with Crippen molar-refractivity contribution >= 4 is 47.6 Å². The molecular weight excluding hydrogens is 523 g/mol. The third kappa shape index (κ3) is 8.25. The fraction of sp³-hybridized carbons (Fsp3) is 0.391. The molecule has 1 saturated carbocycles. The number of nitrogens with one attached hydrogen (secondary N) is 2. The number of likely N-dealkylation sites (N-methyl/N-ethyl adjacent to an activating group) is 1. The third-order valence-corrected chi connectivity index (χ3v) is 6.44. The van der Waals surface area contributed by atoms with Crippen LogP contribution in [-0.4, -0.2) is 55.8 Å². The van der Waals surface area contributed by atoms with Crippen LogP contribution in [0.25, 0.3) is 0 Å². The van der Waals surface area contributed by atoms with Gasteiger partial charge in [-0.1, -0.05) is 30.3 Å². The highest BCUT2D eigenvalue weighted by atomic mass is 127. The van der Waals surface area contributed by atoms with Gasteiger partial charge in [0.1, 0.15) is 5.75 Å². The number of benzene rings is 2. The first kappa shape index (κ1) is 25.3. The van der Waals surface area contributed by atoms with E-state index in [4.69, 9.17) is 9.73 Å². The minimum absolute atomic E-state index is 0. The molecule has 1 fully saturated rings. The zero-order valence-electron chi connectivity index (χ0n) is 18.3. The second-order valence-corrected chi connectivity index (χ2v) is 9.15. The van der Waals surface area contributed by atoms with Crippen LogP contribution < -0.4 is 15.4 Å². The summed E-state index contributed by atoms with van der Waals surface area (Å²) in [6.45, 7) is 1.53. The number of halogens is 1. The van der Waals surface area contributed by atoms with Gasteiger partial charge in [-0.25, -0.2) is 4.99 Å². The van der Waals surface area contributed by atoms with Crippen molar-refractivity contribution in [2.45, 2.75) is 29.0 Å². The van der Waals surface area contributed by atoms with Gasteiger partial charge in [0.15, 0.2) is 5.96 Å². The Morgan fingerprint density at radius 1 is 1.10 bits per heavy atom. The van der Waals surface area contributed by atoms with Crippen LogP contribution in [0.2, 0.25) is 0 Å². The fourth-order valence-electron chi connectivity index (χ4n) is 2.83. The molecule has 1 amide bonds. The van der Waals surface area contributed by atoms with Gasteiger partial charge in [-0.3, -0.25) is 4.79 Å². The third-order valence-electron chi connectivity index (χ3n) is 4.95. The lowest BCUT2D eigenvalue weighted by Crippen LogP contribution is -2.45. The SMILES string of the molecule is COc1ccc(CN=C(NCC(=O)N(C)C)NCC2(Sc3ccccc3)CC2)cc1.I. The summed E-state index contributed by atoms with van der Waals surface area (Å²) >= 11 is 1.91. The van der Waals surface area contributed by atoms with Gasteiger partial charge in [-0.15, -0.1) is 35.7 Å². The van der Waals surface area contributed by atoms with E-state index in [2.05, 4.69) is 34.9 Å². The van der Waals surface area contributed by atoms with Crippen molar-refractivity contribution < 1.29 is 9.53 Å². The average molecular weight is 554 g/mol. The van der Waals surface area contributed by atoms with Crippen LogP contribution in [-0.2, 0) is 11.3 Å². The summed E-state index contributed by atoms with van der Waals surface area (Å²) in [6, 6.07) is 18.3. The Kier molecular flexibility index (Phi) is 9.95. The molecule has 0 bridgehead atoms. The van der Waals surface area contributed by atoms with Gasteiger partial charge in [0, 0.05) is 30.3 Å². The van der Waals surface area contributed by atoms with Gasteiger partial charge in [0.25, 0.3) is 0 Å². The van der Waals surface area contributed by atoms with Crippen molar-refractivity contribution in [3.8, 4) is 5.75 Å². The van der Waals surface area contributed by atoms with Crippen molar-refractivity contribution in [1.29, 1.82) is 0 Å². The molecule has 2 aromatic carbocycles. The lowest BCUT2D eigenvalue weighted by Gasteiger charge is -2.19. The first-order valence-corrected chi connectivity index (χ1v) is 10.9. The van der Waals surface area contributed by atoms with Crippen LogP contribution in [0, 0.1) is 0 Å². The average Bonchev–Trinajstić information content (AvgIpc) is 3.53. The maximum Gasteiger partial charge on any atom is 0.241 e. The Morgan fingerprint density at radius 2 is 1.77 bits per heavy atom. The minimum atomic E-state index is 0. The lowest BCUT2D eigenvalue weighted by atomic mass is 10.2. The topological polar surface area (TPSA) is 66.0 Å². The zero-order chi connectivity index (χ0) is 21.4. The predicted octanol–water partition coefficient (Wildman–Crippen LogP) is 3.76. The number of ether oxygens (including phenoxy) is 1. The standard InChI is InChI=1S/C23H30N4O2S.HI/c1-27(2)21(28)16-25-22(24-15-18-9-11-19(29-3)12-10-18)26-17-23(13-14-23)30-20-7-5-4-6-8-20;/h4-12H,13-17H2,1-3H3,(H2,24,25,26);1H. The highest BCUT2D eigenvalue weighted by molar-refractivity contribution is 14.0. The zero-order valence-corrected chi connectivity index (χ0v) is 21.4. The van der Waals surface area contributed by atoms with Gasteiger partial charge in [0.2, 0.25) is 5.91 Å². The van der Waals surface area contributed by atoms with Crippen LogP contribution in [0.5, 0.6) is 5.75 Å². The van der Waals surface area contributed by atoms with Crippen molar-refractivity contribution in [2.75, 3.05) is 34.3 Å². The maximum atomic E-state index is 12.0. The van der Waals surface area contributed by atoms with Crippen molar-refractivity contribution in [2.24, 2.45) is 4.99 Å². The van der Waals surface area contributed by atoms with E-state index >= 15 is 0 Å². The van der Waals surface area contributed by atoms with E-state index in [9.17, 15) is 4.79 Å². The molecule has 31 heavy (non-hydrogen) atoms. The molecule has 0 atom stereocenters. The number of guanidine groups is 1. The highest BCUT2D eigenvalue weighted by Gasteiger charge is 2.43. The first-order chi connectivity index (χ1) is 14.5. The Balaban J connectivity index is 0.00000341. The first-order valence-electron chi connectivity index (χ1n) is 10.1. The molecule has 1 aliphatic rings. The number of amides is 1. The maximum absolute atomic E-state index is 12.0. The van der Waals surface area contributed by atoms with E-state index in [0.717, 1.165) is 17.9 Å². The van der Waals surface area contributed by atoms with Crippen LogP contribution in [0.4, 0.5) is 0 Å². The summed E-state index contributed by atoms with van der Waals surface area (Å²) in [7, 11) is 5.16. The molecule has 0 saturated heterocycles. The van der Waals surface area contributed by atoms with Crippen LogP contribution in [0.15, 0.2) is 64.5 Å². The molecule has 8 heteroatoms. The van der Waals surface area contributed by atoms with E-state index in [-0.39, 0.29) is 41.2 Å². The molecule has 168 valence electrons. The van der Waals surface area contributed by atoms with Gasteiger partial charge in [-0.05, 0) is 42.7 Å². The summed E-state index contributed by atoms with van der Waals surface area (Å²) in [5.41, 5.74) is 1.08. The van der Waals surface area contributed by atoms with E-state index in [1.165, 1.54) is 17.7 Å². The number of carbonyl (C=O) groups excluding carboxylic acids is 1. The molecule has 2 aromatic rings. The predicted molar refractivity (Wildman–Crippen MR) is 139 cm³/mol. The molecule has 6 nitrogen and oxygen atoms in total. The van der Waals surface area contributed by atoms with Crippen LogP contribution in [0.1, 0.15) is 18.4 Å². The second-order valence-electron chi connectivity index (χ2n) is 7.61. The van der Waals surface area contributed by atoms with Gasteiger partial charge in [0.05, 0.1) is 20.2 Å². The van der Waals surface area contributed by atoms with Gasteiger partial charge in [-0.2, -0.15) is 0 Å². The fourth-order valence-corrected chi connectivity index (χ4v) is 4.07. The van der Waals surface area contributed by atoms with Crippen molar-refractivity contribution in [1.82, 2.24) is 15.5 Å². The largest absolute Gasteiger partial charge is 0.497 e. The molecule has 3 rings (SSSR count). The Bertz CT molecular complexity index is 856. The van der Waals surface area contributed by atoms with E-state index < -0.39 is 0 Å². The molecular formula is C23H31IN4O2S. The summed E-state index contributed by atoms with van der Waals surface area (Å²) < 4.78 is 5.40. The molecule has 0 aliphatic heterocycles. The molecule has 2 N–H and O–H groups in total. The Labute approximate surface area is 206 Å². The summed E-state index contributed by atoms with van der Waals surface area (Å²) in [6.07, 6.45) is 2.34. The van der Waals surface area contributed by atoms with E-state index in [1.54, 1.807) is 26.1 Å². The number of hydrogen-bond donors (Lipinski definition) is 2. The smallest absolute Gasteiger partial charge is 0.241 e. The summed E-state index contributed by atoms with van der Waals surface area (Å²) in [5.74, 6) is 1.49. The number of carbonyl (C=O) groups is 1. The monoisotopic (exact) mass is 554 g/mol. The lowest BCUT2D eigenvalue weighted by molar-refractivity contribution is -0.127. The number of rotatable bonds is 9. The van der Waals surface area contributed by atoms with Crippen LogP contribution in [0.3, 0.4) is 0 Å². The van der Waals surface area contributed by atoms with Gasteiger partial charge < -0.3 is 20.3 Å². The van der Waals surface area contributed by atoms with Crippen molar-refractivity contribution in [3.63, 3.8) is 0 Å². The normalized spacial score (nSPS) is 14.2. The number of methoxy groups -OCH3 is 1. The molecule has 0 spiro atoms.